The fourth-order valence-electron chi connectivity index (χ4n) is 4.66. The minimum atomic E-state index is -0.285. The van der Waals surface area contributed by atoms with Crippen LogP contribution in [-0.4, -0.2) is 16.0 Å². The van der Waals surface area contributed by atoms with Crippen LogP contribution in [0.3, 0.4) is 0 Å². The number of benzene rings is 5. The van der Waals surface area contributed by atoms with Crippen molar-refractivity contribution in [1.29, 1.82) is 0 Å². The molecule has 1 heterocycles. The van der Waals surface area contributed by atoms with Crippen LogP contribution in [0.2, 0.25) is 0 Å². The standard InChI is InChI=1S/C32H23NO3S/c34-31-30(37-32(35)33(31)20-22-9-2-1-3-10-22)19-28-27-16-7-5-12-24(27)17-18-29(28)36-21-25-14-8-13-23-11-4-6-15-26(23)25/h1-19H,20-21H2/b30-19-. The van der Waals surface area contributed by atoms with Crippen molar-refractivity contribution >= 4 is 50.5 Å². The van der Waals surface area contributed by atoms with Gasteiger partial charge in [-0.05, 0) is 56.6 Å². The van der Waals surface area contributed by atoms with Crippen molar-refractivity contribution < 1.29 is 14.3 Å². The van der Waals surface area contributed by atoms with Gasteiger partial charge in [0, 0.05) is 5.56 Å². The Balaban J connectivity index is 1.35. The number of fused-ring (bicyclic) bond motifs is 2. The molecule has 0 aliphatic carbocycles. The Labute approximate surface area is 219 Å². The molecule has 1 aliphatic heterocycles. The monoisotopic (exact) mass is 501 g/mol. The number of amides is 2. The summed E-state index contributed by atoms with van der Waals surface area (Å²) in [4.78, 5) is 27.7. The number of hydrogen-bond donors (Lipinski definition) is 0. The second-order valence-electron chi connectivity index (χ2n) is 8.88. The number of ether oxygens (including phenoxy) is 1. The Morgan fingerprint density at radius 2 is 1.38 bits per heavy atom. The van der Waals surface area contributed by atoms with Crippen molar-refractivity contribution in [2.45, 2.75) is 13.2 Å². The quantitative estimate of drug-likeness (QED) is 0.223. The van der Waals surface area contributed by atoms with Crippen molar-refractivity contribution in [3.63, 3.8) is 0 Å². The molecule has 4 nitrogen and oxygen atoms in total. The normalized spacial score (nSPS) is 14.7. The highest BCUT2D eigenvalue weighted by molar-refractivity contribution is 8.18. The fourth-order valence-corrected chi connectivity index (χ4v) is 5.48. The van der Waals surface area contributed by atoms with E-state index in [2.05, 4.69) is 24.3 Å². The summed E-state index contributed by atoms with van der Waals surface area (Å²) in [5, 5.41) is 4.05. The zero-order valence-electron chi connectivity index (χ0n) is 20.0. The second-order valence-corrected chi connectivity index (χ2v) is 9.87. The number of nitrogens with zero attached hydrogens (tertiary/aromatic N) is 1. The summed E-state index contributed by atoms with van der Waals surface area (Å²) in [6.45, 7) is 0.638. The molecule has 0 bridgehead atoms. The van der Waals surface area contributed by atoms with Gasteiger partial charge in [0.2, 0.25) is 0 Å². The SMILES string of the molecule is O=C1S/C(=C\c2c(OCc3cccc4ccccc34)ccc3ccccc23)C(=O)N1Cc1ccccc1. The lowest BCUT2D eigenvalue weighted by atomic mass is 10.0. The molecule has 1 saturated heterocycles. The first-order chi connectivity index (χ1) is 18.2. The van der Waals surface area contributed by atoms with Gasteiger partial charge in [0.25, 0.3) is 11.1 Å². The first kappa shape index (κ1) is 23.1. The third-order valence-corrected chi connectivity index (χ3v) is 7.43. The lowest BCUT2D eigenvalue weighted by molar-refractivity contribution is -0.123. The van der Waals surface area contributed by atoms with Crippen LogP contribution in [0.5, 0.6) is 5.75 Å². The molecule has 5 heteroatoms. The summed E-state index contributed by atoms with van der Waals surface area (Å²) in [6, 6.07) is 35.9. The molecular formula is C32H23NO3S. The molecular weight excluding hydrogens is 478 g/mol. The molecule has 0 aromatic heterocycles. The van der Waals surface area contributed by atoms with Crippen LogP contribution in [0.15, 0.2) is 114 Å². The van der Waals surface area contributed by atoms with Crippen LogP contribution < -0.4 is 4.74 Å². The largest absolute Gasteiger partial charge is 0.488 e. The highest BCUT2D eigenvalue weighted by atomic mass is 32.2. The Kier molecular flexibility index (Phi) is 6.21. The summed E-state index contributed by atoms with van der Waals surface area (Å²) < 4.78 is 6.37. The van der Waals surface area contributed by atoms with Gasteiger partial charge < -0.3 is 4.74 Å². The molecule has 0 unspecified atom stereocenters. The van der Waals surface area contributed by atoms with E-state index < -0.39 is 0 Å². The van der Waals surface area contributed by atoms with Crippen molar-refractivity contribution in [1.82, 2.24) is 4.90 Å². The van der Waals surface area contributed by atoms with Gasteiger partial charge in [-0.3, -0.25) is 14.5 Å². The van der Waals surface area contributed by atoms with E-state index in [1.807, 2.05) is 84.9 Å². The van der Waals surface area contributed by atoms with Gasteiger partial charge >= 0.3 is 0 Å². The molecule has 0 atom stereocenters. The third-order valence-electron chi connectivity index (χ3n) is 6.53. The van der Waals surface area contributed by atoms with E-state index in [0.29, 0.717) is 17.3 Å². The van der Waals surface area contributed by atoms with Crippen molar-refractivity contribution in [3.05, 3.63) is 131 Å². The second kappa shape index (κ2) is 9.96. The van der Waals surface area contributed by atoms with E-state index in [1.165, 1.54) is 4.90 Å². The maximum absolute atomic E-state index is 13.3. The van der Waals surface area contributed by atoms with Gasteiger partial charge in [-0.15, -0.1) is 0 Å². The molecule has 2 amide bonds. The average molecular weight is 502 g/mol. The lowest BCUT2D eigenvalue weighted by Gasteiger charge is -2.14. The number of rotatable bonds is 6. The summed E-state index contributed by atoms with van der Waals surface area (Å²) in [5.41, 5.74) is 2.79. The number of hydrogen-bond acceptors (Lipinski definition) is 4. The first-order valence-electron chi connectivity index (χ1n) is 12.1. The van der Waals surface area contributed by atoms with Gasteiger partial charge in [0.05, 0.1) is 11.4 Å². The molecule has 5 aromatic rings. The number of carbonyl (C=O) groups is 2. The van der Waals surface area contributed by atoms with Crippen LogP contribution in [0.25, 0.3) is 27.6 Å². The predicted molar refractivity (Wildman–Crippen MR) is 150 cm³/mol. The number of imide groups is 1. The van der Waals surface area contributed by atoms with E-state index >= 15 is 0 Å². The Bertz CT molecular complexity index is 1670. The number of thioether (sulfide) groups is 1. The molecule has 0 N–H and O–H groups in total. The molecule has 0 radical (unpaired) electrons. The van der Waals surface area contributed by atoms with E-state index in [1.54, 1.807) is 6.08 Å². The topological polar surface area (TPSA) is 46.6 Å². The smallest absolute Gasteiger partial charge is 0.293 e. The van der Waals surface area contributed by atoms with Crippen LogP contribution in [-0.2, 0) is 17.9 Å². The minimum Gasteiger partial charge on any atom is -0.488 e. The highest BCUT2D eigenvalue weighted by Gasteiger charge is 2.35. The predicted octanol–water partition coefficient (Wildman–Crippen LogP) is 7.81. The summed E-state index contributed by atoms with van der Waals surface area (Å²) in [6.07, 6.45) is 1.80. The van der Waals surface area contributed by atoms with Crippen LogP contribution in [0.4, 0.5) is 4.79 Å². The maximum atomic E-state index is 13.3. The maximum Gasteiger partial charge on any atom is 0.293 e. The number of carbonyl (C=O) groups excluding carboxylic acids is 2. The van der Waals surface area contributed by atoms with Crippen LogP contribution in [0.1, 0.15) is 16.7 Å². The molecule has 1 fully saturated rings. The van der Waals surface area contributed by atoms with Gasteiger partial charge in [-0.2, -0.15) is 0 Å². The van der Waals surface area contributed by atoms with Crippen molar-refractivity contribution in [2.24, 2.45) is 0 Å². The van der Waals surface area contributed by atoms with Gasteiger partial charge in [0.15, 0.2) is 0 Å². The highest BCUT2D eigenvalue weighted by Crippen LogP contribution is 2.37. The molecule has 0 spiro atoms. The molecule has 180 valence electrons. The third kappa shape index (κ3) is 4.61. The lowest BCUT2D eigenvalue weighted by Crippen LogP contribution is -2.27. The summed E-state index contributed by atoms with van der Waals surface area (Å²) in [5.74, 6) is 0.383. The van der Waals surface area contributed by atoms with Gasteiger partial charge in [-0.25, -0.2) is 0 Å². The van der Waals surface area contributed by atoms with Crippen LogP contribution >= 0.6 is 11.8 Å². The van der Waals surface area contributed by atoms with Crippen molar-refractivity contribution in [2.75, 3.05) is 0 Å². The Morgan fingerprint density at radius 1 is 0.703 bits per heavy atom. The summed E-state index contributed by atoms with van der Waals surface area (Å²) in [7, 11) is 0. The average Bonchev–Trinajstić information content (AvgIpc) is 3.20. The van der Waals surface area contributed by atoms with E-state index in [-0.39, 0.29) is 17.7 Å². The molecule has 37 heavy (non-hydrogen) atoms. The molecule has 1 aliphatic rings. The molecule has 0 saturated carbocycles. The van der Waals surface area contributed by atoms with E-state index in [9.17, 15) is 9.59 Å². The first-order valence-corrected chi connectivity index (χ1v) is 12.9. The van der Waals surface area contributed by atoms with Crippen LogP contribution in [0, 0.1) is 0 Å². The van der Waals surface area contributed by atoms with E-state index in [4.69, 9.17) is 4.74 Å². The Morgan fingerprint density at radius 3 is 2.19 bits per heavy atom. The fraction of sp³-hybridized carbons (Fsp3) is 0.0625. The zero-order chi connectivity index (χ0) is 25.2. The summed E-state index contributed by atoms with van der Waals surface area (Å²) >= 11 is 0.972. The zero-order valence-corrected chi connectivity index (χ0v) is 20.8. The van der Waals surface area contributed by atoms with Gasteiger partial charge in [0.1, 0.15) is 12.4 Å². The van der Waals surface area contributed by atoms with E-state index in [0.717, 1.165) is 50.0 Å². The Hall–Kier alpha value is -4.35. The van der Waals surface area contributed by atoms with Gasteiger partial charge in [-0.1, -0.05) is 103 Å². The molecule has 6 rings (SSSR count). The minimum absolute atomic E-state index is 0.253. The molecule has 5 aromatic carbocycles. The van der Waals surface area contributed by atoms with Crippen molar-refractivity contribution in [3.8, 4) is 5.75 Å².